The molecule has 0 spiro atoms. The summed E-state index contributed by atoms with van der Waals surface area (Å²) >= 11 is 0. The van der Waals surface area contributed by atoms with Crippen LogP contribution in [0.2, 0.25) is 0 Å². The van der Waals surface area contributed by atoms with Crippen molar-refractivity contribution in [2.45, 2.75) is 20.8 Å². The number of rotatable bonds is 2. The Morgan fingerprint density at radius 2 is 2.00 bits per heavy atom. The number of Topliss-reactive ketones (excluding diaryl/α,β-unsaturated/α-hetero) is 1. The Bertz CT molecular complexity index is 369. The van der Waals surface area contributed by atoms with Crippen molar-refractivity contribution in [1.82, 2.24) is 10.2 Å². The Hall–Kier alpha value is -1.51. The minimum Gasteiger partial charge on any atom is -0.289 e. The van der Waals surface area contributed by atoms with Crippen molar-refractivity contribution in [2.24, 2.45) is 0 Å². The van der Waals surface area contributed by atoms with E-state index in [1.807, 2.05) is 6.92 Å². The van der Waals surface area contributed by atoms with E-state index in [9.17, 15) is 4.79 Å². The van der Waals surface area contributed by atoms with Crippen molar-refractivity contribution in [3.63, 3.8) is 0 Å². The summed E-state index contributed by atoms with van der Waals surface area (Å²) in [6.07, 6.45) is 0. The molecular formula is C10H12N2O. The maximum Gasteiger partial charge on any atom is 0.190 e. The van der Waals surface area contributed by atoms with Gasteiger partial charge < -0.3 is 0 Å². The molecule has 1 rings (SSSR count). The molecule has 0 atom stereocenters. The monoisotopic (exact) mass is 176 g/mol. The van der Waals surface area contributed by atoms with E-state index < -0.39 is 0 Å². The molecule has 0 aliphatic rings. The fourth-order valence-corrected chi connectivity index (χ4v) is 1.01. The van der Waals surface area contributed by atoms with E-state index in [0.717, 1.165) is 5.69 Å². The molecule has 0 fully saturated rings. The first-order valence-corrected chi connectivity index (χ1v) is 4.03. The number of ketones is 1. The molecule has 1 aromatic heterocycles. The minimum absolute atomic E-state index is 0.0597. The number of aryl methyl sites for hydroxylation is 2. The summed E-state index contributed by atoms with van der Waals surface area (Å²) in [4.78, 5) is 11.6. The zero-order chi connectivity index (χ0) is 10.0. The quantitative estimate of drug-likeness (QED) is 0.510. The fourth-order valence-electron chi connectivity index (χ4n) is 1.01. The average molecular weight is 176 g/mol. The third-order valence-corrected chi connectivity index (χ3v) is 1.73. The first-order chi connectivity index (χ1) is 6.02. The van der Waals surface area contributed by atoms with Gasteiger partial charge in [-0.2, -0.15) is 10.2 Å². The summed E-state index contributed by atoms with van der Waals surface area (Å²) in [5, 5.41) is 7.72. The number of carbonyl (C=O) groups is 1. The second kappa shape index (κ2) is 3.47. The molecule has 0 unspecified atom stereocenters. The van der Waals surface area contributed by atoms with Gasteiger partial charge in [-0.1, -0.05) is 6.58 Å². The van der Waals surface area contributed by atoms with Crippen molar-refractivity contribution >= 4 is 5.78 Å². The minimum atomic E-state index is -0.0597. The molecule has 0 bridgehead atoms. The molecule has 0 aliphatic heterocycles. The summed E-state index contributed by atoms with van der Waals surface area (Å²) in [6.45, 7) is 8.87. The molecule has 0 saturated carbocycles. The Labute approximate surface area is 77.5 Å². The molecule has 0 amide bonds. The second-order valence-electron chi connectivity index (χ2n) is 3.09. The molecule has 3 nitrogen and oxygen atoms in total. The smallest absolute Gasteiger partial charge is 0.190 e. The first kappa shape index (κ1) is 9.58. The van der Waals surface area contributed by atoms with Gasteiger partial charge in [0.25, 0.3) is 0 Å². The maximum atomic E-state index is 11.6. The van der Waals surface area contributed by atoms with Crippen LogP contribution >= 0.6 is 0 Å². The summed E-state index contributed by atoms with van der Waals surface area (Å²) < 4.78 is 0. The predicted molar refractivity (Wildman–Crippen MR) is 50.7 cm³/mol. The molecule has 13 heavy (non-hydrogen) atoms. The van der Waals surface area contributed by atoms with E-state index in [1.54, 1.807) is 19.9 Å². The van der Waals surface area contributed by atoms with Crippen molar-refractivity contribution in [2.75, 3.05) is 0 Å². The molecule has 3 heteroatoms. The van der Waals surface area contributed by atoms with Crippen LogP contribution in [0.15, 0.2) is 18.2 Å². The number of hydrogen-bond donors (Lipinski definition) is 0. The molecule has 1 aromatic rings. The Kier molecular flexibility index (Phi) is 2.56. The van der Waals surface area contributed by atoms with E-state index in [0.29, 0.717) is 16.8 Å². The van der Waals surface area contributed by atoms with Crippen LogP contribution in [0.25, 0.3) is 0 Å². The number of nitrogens with zero attached hydrogens (tertiary/aromatic N) is 2. The lowest BCUT2D eigenvalue weighted by molar-refractivity contribution is 0.103. The van der Waals surface area contributed by atoms with Crippen molar-refractivity contribution < 1.29 is 4.79 Å². The number of hydrogen-bond acceptors (Lipinski definition) is 3. The van der Waals surface area contributed by atoms with Crippen LogP contribution in [0.4, 0.5) is 0 Å². The maximum absolute atomic E-state index is 11.6. The van der Waals surface area contributed by atoms with Crippen LogP contribution in [-0.2, 0) is 0 Å². The highest BCUT2D eigenvalue weighted by Gasteiger charge is 2.10. The largest absolute Gasteiger partial charge is 0.289 e. The second-order valence-corrected chi connectivity index (χ2v) is 3.09. The van der Waals surface area contributed by atoms with E-state index in [2.05, 4.69) is 16.8 Å². The highest BCUT2D eigenvalue weighted by Crippen LogP contribution is 2.10. The lowest BCUT2D eigenvalue weighted by Crippen LogP contribution is -2.06. The van der Waals surface area contributed by atoms with Crippen molar-refractivity contribution in [3.8, 4) is 0 Å². The normalized spacial score (nSPS) is 9.77. The number of aromatic nitrogens is 2. The molecule has 0 radical (unpaired) electrons. The van der Waals surface area contributed by atoms with Crippen LogP contribution in [0, 0.1) is 13.8 Å². The van der Waals surface area contributed by atoms with Crippen molar-refractivity contribution in [1.29, 1.82) is 0 Å². The van der Waals surface area contributed by atoms with Crippen LogP contribution in [-0.4, -0.2) is 16.0 Å². The highest BCUT2D eigenvalue weighted by atomic mass is 16.1. The molecular weight excluding hydrogens is 164 g/mol. The van der Waals surface area contributed by atoms with Crippen LogP contribution < -0.4 is 0 Å². The predicted octanol–water partition coefficient (Wildman–Crippen LogP) is 1.85. The van der Waals surface area contributed by atoms with Gasteiger partial charge in [-0.05, 0) is 32.4 Å². The summed E-state index contributed by atoms with van der Waals surface area (Å²) in [7, 11) is 0. The van der Waals surface area contributed by atoms with Crippen LogP contribution in [0.5, 0.6) is 0 Å². The van der Waals surface area contributed by atoms with E-state index >= 15 is 0 Å². The molecule has 68 valence electrons. The van der Waals surface area contributed by atoms with Gasteiger partial charge in [0, 0.05) is 5.56 Å². The van der Waals surface area contributed by atoms with Gasteiger partial charge in [0.05, 0.1) is 11.4 Å². The lowest BCUT2D eigenvalue weighted by atomic mass is 10.1. The van der Waals surface area contributed by atoms with Gasteiger partial charge in [-0.3, -0.25) is 4.79 Å². The SMILES string of the molecule is C=C(C)C(=O)c1cc(C)nnc1C. The zero-order valence-electron chi connectivity index (χ0n) is 8.09. The topological polar surface area (TPSA) is 42.9 Å². The summed E-state index contributed by atoms with van der Waals surface area (Å²) in [5.74, 6) is -0.0597. The number of carbonyl (C=O) groups excluding carboxylic acids is 1. The average Bonchev–Trinajstić information content (AvgIpc) is 2.08. The molecule has 0 saturated heterocycles. The van der Waals surface area contributed by atoms with Gasteiger partial charge in [0.2, 0.25) is 0 Å². The molecule has 0 N–H and O–H groups in total. The first-order valence-electron chi connectivity index (χ1n) is 4.03. The Balaban J connectivity index is 3.21. The molecule has 1 heterocycles. The van der Waals surface area contributed by atoms with Gasteiger partial charge in [0.1, 0.15) is 0 Å². The lowest BCUT2D eigenvalue weighted by Gasteiger charge is -2.02. The van der Waals surface area contributed by atoms with E-state index in [-0.39, 0.29) is 5.78 Å². The fraction of sp³-hybridized carbons (Fsp3) is 0.300. The van der Waals surface area contributed by atoms with E-state index in [4.69, 9.17) is 0 Å². The van der Waals surface area contributed by atoms with Gasteiger partial charge in [0.15, 0.2) is 5.78 Å². The summed E-state index contributed by atoms with van der Waals surface area (Å²) in [6, 6.07) is 1.74. The van der Waals surface area contributed by atoms with Gasteiger partial charge >= 0.3 is 0 Å². The third-order valence-electron chi connectivity index (χ3n) is 1.73. The standard InChI is InChI=1S/C10H12N2O/c1-6(2)10(13)9-5-7(3)11-12-8(9)4/h5H,1H2,2-4H3. The summed E-state index contributed by atoms with van der Waals surface area (Å²) in [5.41, 5.74) is 2.52. The van der Waals surface area contributed by atoms with Crippen LogP contribution in [0.3, 0.4) is 0 Å². The van der Waals surface area contributed by atoms with E-state index in [1.165, 1.54) is 0 Å². The third kappa shape index (κ3) is 1.99. The Morgan fingerprint density at radius 1 is 1.38 bits per heavy atom. The molecule has 0 aromatic carbocycles. The zero-order valence-corrected chi connectivity index (χ0v) is 8.09. The van der Waals surface area contributed by atoms with Crippen molar-refractivity contribution in [3.05, 3.63) is 35.2 Å². The van der Waals surface area contributed by atoms with Crippen LogP contribution in [0.1, 0.15) is 28.7 Å². The highest BCUT2D eigenvalue weighted by molar-refractivity contribution is 6.08. The van der Waals surface area contributed by atoms with Gasteiger partial charge in [-0.15, -0.1) is 0 Å². The molecule has 0 aliphatic carbocycles. The Morgan fingerprint density at radius 3 is 2.54 bits per heavy atom. The van der Waals surface area contributed by atoms with Gasteiger partial charge in [-0.25, -0.2) is 0 Å². The number of allylic oxidation sites excluding steroid dienone is 1.